The third-order valence-electron chi connectivity index (χ3n) is 5.56. The summed E-state index contributed by atoms with van der Waals surface area (Å²) in [5.41, 5.74) is 7.72. The Morgan fingerprint density at radius 1 is 1.19 bits per heavy atom. The zero-order valence-corrected chi connectivity index (χ0v) is 17.3. The standard InChI is InChI=1S/C24H22F2N4O2/c1-13-11-14(5-8-21(13)31)15-9-10-28-12-20(15)30-24(32)23-18(27)6-7-19(29-23)22-16(25)3-2-4-17(22)26/h2-4,6-7,9-13,21,31H,5,8,27H2,1H3,(H,30,32). The van der Waals surface area contributed by atoms with Gasteiger partial charge in [-0.05, 0) is 48.7 Å². The zero-order chi connectivity index (χ0) is 22.8. The molecule has 2 unspecified atom stereocenters. The van der Waals surface area contributed by atoms with Gasteiger partial charge in [0, 0.05) is 17.7 Å². The monoisotopic (exact) mass is 436 g/mol. The normalized spacial score (nSPS) is 18.2. The molecule has 0 saturated carbocycles. The molecule has 1 amide bonds. The Morgan fingerprint density at radius 3 is 2.66 bits per heavy atom. The third-order valence-corrected chi connectivity index (χ3v) is 5.56. The number of carbonyl (C=O) groups excluding carboxylic acids is 1. The molecule has 1 aromatic carbocycles. The number of allylic oxidation sites excluding steroid dienone is 1. The Morgan fingerprint density at radius 2 is 1.94 bits per heavy atom. The quantitative estimate of drug-likeness (QED) is 0.562. The van der Waals surface area contributed by atoms with Gasteiger partial charge in [-0.1, -0.05) is 19.1 Å². The summed E-state index contributed by atoms with van der Waals surface area (Å²) in [6.07, 6.45) is 5.99. The number of hydrogen-bond donors (Lipinski definition) is 3. The number of benzene rings is 1. The molecule has 1 aliphatic carbocycles. The largest absolute Gasteiger partial charge is 0.397 e. The fraction of sp³-hybridized carbons (Fsp3) is 0.208. The van der Waals surface area contributed by atoms with Crippen molar-refractivity contribution in [3.8, 4) is 11.3 Å². The summed E-state index contributed by atoms with van der Waals surface area (Å²) < 4.78 is 28.4. The van der Waals surface area contributed by atoms with Crippen LogP contribution in [0, 0.1) is 17.6 Å². The number of aromatic nitrogens is 2. The van der Waals surface area contributed by atoms with Crippen LogP contribution in [0.3, 0.4) is 0 Å². The van der Waals surface area contributed by atoms with E-state index in [1.54, 1.807) is 12.3 Å². The van der Waals surface area contributed by atoms with Gasteiger partial charge in [-0.15, -0.1) is 0 Å². The Balaban J connectivity index is 1.67. The van der Waals surface area contributed by atoms with Crippen LogP contribution in [-0.2, 0) is 0 Å². The van der Waals surface area contributed by atoms with Crippen molar-refractivity contribution in [2.45, 2.75) is 25.9 Å². The van der Waals surface area contributed by atoms with Crippen molar-refractivity contribution in [2.75, 3.05) is 11.1 Å². The van der Waals surface area contributed by atoms with Crippen LogP contribution < -0.4 is 11.1 Å². The van der Waals surface area contributed by atoms with Gasteiger partial charge in [0.05, 0.1) is 34.9 Å². The van der Waals surface area contributed by atoms with Gasteiger partial charge in [0.2, 0.25) is 0 Å². The molecule has 2 aromatic heterocycles. The summed E-state index contributed by atoms with van der Waals surface area (Å²) >= 11 is 0. The van der Waals surface area contributed by atoms with Crippen LogP contribution >= 0.6 is 0 Å². The lowest BCUT2D eigenvalue weighted by atomic mass is 9.86. The first-order valence-electron chi connectivity index (χ1n) is 10.2. The van der Waals surface area contributed by atoms with E-state index in [1.165, 1.54) is 24.4 Å². The van der Waals surface area contributed by atoms with Crippen LogP contribution in [0.1, 0.15) is 35.8 Å². The maximum Gasteiger partial charge on any atom is 0.276 e. The van der Waals surface area contributed by atoms with Crippen molar-refractivity contribution in [1.29, 1.82) is 0 Å². The summed E-state index contributed by atoms with van der Waals surface area (Å²) in [4.78, 5) is 21.2. The smallest absolute Gasteiger partial charge is 0.276 e. The molecule has 6 nitrogen and oxygen atoms in total. The second kappa shape index (κ2) is 8.84. The SMILES string of the molecule is CC1C=C(c2ccncc2NC(=O)c2nc(-c3c(F)cccc3F)ccc2N)CCC1O. The Bertz CT molecular complexity index is 1190. The van der Waals surface area contributed by atoms with Crippen molar-refractivity contribution in [3.05, 3.63) is 77.8 Å². The molecule has 8 heteroatoms. The van der Waals surface area contributed by atoms with Gasteiger partial charge in [0.15, 0.2) is 5.69 Å². The highest BCUT2D eigenvalue weighted by Crippen LogP contribution is 2.34. The molecule has 0 spiro atoms. The van der Waals surface area contributed by atoms with Crippen LogP contribution in [0.2, 0.25) is 0 Å². The highest BCUT2D eigenvalue weighted by atomic mass is 19.1. The first kappa shape index (κ1) is 21.6. The average Bonchev–Trinajstić information content (AvgIpc) is 2.77. The van der Waals surface area contributed by atoms with Crippen LogP contribution in [0.5, 0.6) is 0 Å². The Hall–Kier alpha value is -3.65. The molecule has 0 fully saturated rings. The lowest BCUT2D eigenvalue weighted by Crippen LogP contribution is -2.21. The second-order valence-corrected chi connectivity index (χ2v) is 7.76. The third kappa shape index (κ3) is 4.22. The van der Waals surface area contributed by atoms with Gasteiger partial charge < -0.3 is 16.2 Å². The van der Waals surface area contributed by atoms with E-state index < -0.39 is 23.6 Å². The number of aliphatic hydroxyl groups excluding tert-OH is 1. The molecule has 1 aliphatic rings. The number of carbonyl (C=O) groups is 1. The van der Waals surface area contributed by atoms with E-state index in [-0.39, 0.29) is 28.6 Å². The van der Waals surface area contributed by atoms with Gasteiger partial charge in [-0.2, -0.15) is 0 Å². The summed E-state index contributed by atoms with van der Waals surface area (Å²) in [7, 11) is 0. The molecule has 0 bridgehead atoms. The number of halogens is 2. The highest BCUT2D eigenvalue weighted by Gasteiger charge is 2.23. The summed E-state index contributed by atoms with van der Waals surface area (Å²) in [5, 5.41) is 12.8. The molecule has 164 valence electrons. The number of rotatable bonds is 4. The zero-order valence-electron chi connectivity index (χ0n) is 17.3. The van der Waals surface area contributed by atoms with E-state index in [0.29, 0.717) is 18.5 Å². The molecule has 32 heavy (non-hydrogen) atoms. The summed E-state index contributed by atoms with van der Waals surface area (Å²) in [6.45, 7) is 1.93. The fourth-order valence-electron chi connectivity index (χ4n) is 3.79. The van der Waals surface area contributed by atoms with Gasteiger partial charge >= 0.3 is 0 Å². The molecule has 0 aliphatic heterocycles. The molecule has 0 radical (unpaired) electrons. The number of nitrogens with one attached hydrogen (secondary N) is 1. The molecule has 2 atom stereocenters. The van der Waals surface area contributed by atoms with Crippen molar-refractivity contribution >= 4 is 22.9 Å². The van der Waals surface area contributed by atoms with Gasteiger partial charge in [0.25, 0.3) is 5.91 Å². The number of aliphatic hydroxyl groups is 1. The molecule has 2 heterocycles. The Labute approximate surface area is 183 Å². The first-order chi connectivity index (χ1) is 15.3. The predicted molar refractivity (Wildman–Crippen MR) is 119 cm³/mol. The Kier molecular flexibility index (Phi) is 5.96. The van der Waals surface area contributed by atoms with E-state index in [9.17, 15) is 18.7 Å². The number of nitrogens with two attached hydrogens (primary N) is 1. The van der Waals surface area contributed by atoms with E-state index >= 15 is 0 Å². The van der Waals surface area contributed by atoms with Crippen LogP contribution in [-0.4, -0.2) is 27.1 Å². The number of pyridine rings is 2. The molecule has 3 aromatic rings. The summed E-state index contributed by atoms with van der Waals surface area (Å²) in [6, 6.07) is 8.03. The number of nitrogens with zero attached hydrogens (tertiary/aromatic N) is 2. The van der Waals surface area contributed by atoms with Crippen molar-refractivity contribution in [1.82, 2.24) is 9.97 Å². The minimum Gasteiger partial charge on any atom is -0.397 e. The van der Waals surface area contributed by atoms with Crippen LogP contribution in [0.25, 0.3) is 16.8 Å². The maximum absolute atomic E-state index is 14.2. The minimum atomic E-state index is -0.788. The molecule has 4 rings (SSSR count). The van der Waals surface area contributed by atoms with E-state index in [2.05, 4.69) is 15.3 Å². The number of amides is 1. The maximum atomic E-state index is 14.2. The average molecular weight is 436 g/mol. The number of nitrogen functional groups attached to an aromatic ring is 1. The molecular weight excluding hydrogens is 414 g/mol. The predicted octanol–water partition coefficient (Wildman–Crippen LogP) is 4.43. The topological polar surface area (TPSA) is 101 Å². The molecule has 0 saturated heterocycles. The highest BCUT2D eigenvalue weighted by molar-refractivity contribution is 6.07. The van der Waals surface area contributed by atoms with Crippen molar-refractivity contribution < 1.29 is 18.7 Å². The van der Waals surface area contributed by atoms with Gasteiger partial charge in [-0.3, -0.25) is 9.78 Å². The van der Waals surface area contributed by atoms with E-state index in [1.807, 2.05) is 13.0 Å². The number of anilines is 2. The van der Waals surface area contributed by atoms with E-state index in [4.69, 9.17) is 5.73 Å². The second-order valence-electron chi connectivity index (χ2n) is 7.76. The van der Waals surface area contributed by atoms with Gasteiger partial charge in [-0.25, -0.2) is 13.8 Å². The molecule has 4 N–H and O–H groups in total. The molecular formula is C24H22F2N4O2. The van der Waals surface area contributed by atoms with E-state index in [0.717, 1.165) is 23.3 Å². The van der Waals surface area contributed by atoms with Crippen molar-refractivity contribution in [3.63, 3.8) is 0 Å². The fourth-order valence-corrected chi connectivity index (χ4v) is 3.79. The lowest BCUT2D eigenvalue weighted by molar-refractivity contribution is 0.102. The van der Waals surface area contributed by atoms with Crippen LogP contribution in [0.4, 0.5) is 20.2 Å². The van der Waals surface area contributed by atoms with Crippen molar-refractivity contribution in [2.24, 2.45) is 5.92 Å². The summed E-state index contributed by atoms with van der Waals surface area (Å²) in [5.74, 6) is -2.22. The minimum absolute atomic E-state index is 0.0138. The van der Waals surface area contributed by atoms with Gasteiger partial charge in [0.1, 0.15) is 11.6 Å². The van der Waals surface area contributed by atoms with Crippen LogP contribution in [0.15, 0.2) is 54.9 Å². The number of hydrogen-bond acceptors (Lipinski definition) is 5. The lowest BCUT2D eigenvalue weighted by Gasteiger charge is -2.24. The first-order valence-corrected chi connectivity index (χ1v) is 10.2.